The fourth-order valence-corrected chi connectivity index (χ4v) is 1.73. The summed E-state index contributed by atoms with van der Waals surface area (Å²) in [5.74, 6) is 0.309. The molecule has 1 heterocycles. The summed E-state index contributed by atoms with van der Waals surface area (Å²) in [4.78, 5) is 4.17. The van der Waals surface area contributed by atoms with Gasteiger partial charge in [-0.2, -0.15) is 0 Å². The molecule has 1 aromatic carbocycles. The molecule has 0 bridgehead atoms. The molecule has 0 fully saturated rings. The molecule has 0 saturated carbocycles. The number of nitrogens with two attached hydrogens (primary N) is 1. The molecule has 1 aromatic rings. The first-order valence-electron chi connectivity index (χ1n) is 4.31. The van der Waals surface area contributed by atoms with Crippen molar-refractivity contribution in [2.45, 2.75) is 6.17 Å². The number of nitrogens with zero attached hydrogens (tertiary/aromatic N) is 1. The highest BCUT2D eigenvalue weighted by Gasteiger charge is 2.16. The molecule has 0 saturated heterocycles. The Hall–Kier alpha value is -1.33. The van der Waals surface area contributed by atoms with E-state index in [0.717, 1.165) is 5.56 Å². The van der Waals surface area contributed by atoms with E-state index in [4.69, 9.17) is 29.6 Å². The minimum absolute atomic E-state index is 0.266. The molecule has 0 aromatic heterocycles. The summed E-state index contributed by atoms with van der Waals surface area (Å²) in [7, 11) is 0. The van der Waals surface area contributed by atoms with Gasteiger partial charge in [0.1, 0.15) is 6.17 Å². The average molecular weight is 241 g/mol. The molecule has 0 radical (unpaired) electrons. The van der Waals surface area contributed by atoms with Crippen LogP contribution in [0.4, 0.5) is 0 Å². The van der Waals surface area contributed by atoms with E-state index in [0.29, 0.717) is 16.1 Å². The van der Waals surface area contributed by atoms with Gasteiger partial charge in [-0.05, 0) is 29.9 Å². The number of halogens is 1. The first-order valence-corrected chi connectivity index (χ1v) is 5.10. The van der Waals surface area contributed by atoms with Gasteiger partial charge in [-0.25, -0.2) is 4.99 Å². The molecule has 1 aliphatic heterocycles. The minimum Gasteiger partial charge on any atom is -0.370 e. The smallest absolute Gasteiger partial charge is 0.197 e. The number of thiocarbonyl (C=S) groups is 1. The van der Waals surface area contributed by atoms with Crippen LogP contribution >= 0.6 is 23.8 Å². The van der Waals surface area contributed by atoms with Crippen LogP contribution in [0.3, 0.4) is 0 Å². The van der Waals surface area contributed by atoms with Gasteiger partial charge in [-0.1, -0.05) is 23.7 Å². The summed E-state index contributed by atoms with van der Waals surface area (Å²) in [6.07, 6.45) is -0.266. The lowest BCUT2D eigenvalue weighted by atomic mass is 10.2. The minimum atomic E-state index is -0.266. The molecule has 4 N–H and O–H groups in total. The second-order valence-electron chi connectivity index (χ2n) is 3.07. The number of nitrogens with one attached hydrogen (secondary N) is 2. The fraction of sp³-hybridized carbons (Fsp3) is 0.111. The Labute approximate surface area is 97.5 Å². The van der Waals surface area contributed by atoms with E-state index < -0.39 is 0 Å². The molecule has 0 spiro atoms. The molecule has 1 atom stereocenters. The fourth-order valence-electron chi connectivity index (χ4n) is 1.31. The quantitative estimate of drug-likeness (QED) is 0.644. The van der Waals surface area contributed by atoms with Crippen LogP contribution in [-0.4, -0.2) is 11.1 Å². The molecule has 78 valence electrons. The average Bonchev–Trinajstić information content (AvgIpc) is 2.16. The van der Waals surface area contributed by atoms with Gasteiger partial charge in [0.25, 0.3) is 0 Å². The van der Waals surface area contributed by atoms with E-state index in [1.165, 1.54) is 0 Å². The molecule has 0 unspecified atom stereocenters. The lowest BCUT2D eigenvalue weighted by Crippen LogP contribution is -2.49. The standard InChI is InChI=1S/C9H9ClN4S/c10-6-3-1-2-5(4-6)7-12-8(11)14-9(15)13-7/h1-4,7H,(H4,11,12,13,14,15)/t7-/m1/s1. The van der Waals surface area contributed by atoms with Gasteiger partial charge in [-0.3, -0.25) is 0 Å². The van der Waals surface area contributed by atoms with Gasteiger partial charge >= 0.3 is 0 Å². The third kappa shape index (κ3) is 2.37. The van der Waals surface area contributed by atoms with Crippen LogP contribution in [0.2, 0.25) is 5.02 Å². The summed E-state index contributed by atoms with van der Waals surface area (Å²) in [6, 6.07) is 7.39. The van der Waals surface area contributed by atoms with Gasteiger partial charge in [0.2, 0.25) is 0 Å². The normalized spacial score (nSPS) is 20.2. The zero-order valence-corrected chi connectivity index (χ0v) is 9.27. The third-order valence-corrected chi connectivity index (χ3v) is 2.40. The van der Waals surface area contributed by atoms with Crippen molar-refractivity contribution in [3.63, 3.8) is 0 Å². The van der Waals surface area contributed by atoms with E-state index >= 15 is 0 Å². The largest absolute Gasteiger partial charge is 0.370 e. The van der Waals surface area contributed by atoms with Crippen LogP contribution < -0.4 is 16.4 Å². The second-order valence-corrected chi connectivity index (χ2v) is 3.92. The van der Waals surface area contributed by atoms with E-state index in [1.54, 1.807) is 6.07 Å². The predicted molar refractivity (Wildman–Crippen MR) is 64.7 cm³/mol. The lowest BCUT2D eigenvalue weighted by molar-refractivity contribution is 0.660. The summed E-state index contributed by atoms with van der Waals surface area (Å²) in [5, 5.41) is 6.82. The summed E-state index contributed by atoms with van der Waals surface area (Å²) >= 11 is 10.9. The van der Waals surface area contributed by atoms with Crippen molar-refractivity contribution >= 4 is 34.9 Å². The highest BCUT2D eigenvalue weighted by atomic mass is 35.5. The van der Waals surface area contributed by atoms with Crippen LogP contribution in [-0.2, 0) is 0 Å². The third-order valence-electron chi connectivity index (χ3n) is 1.94. The van der Waals surface area contributed by atoms with Crippen LogP contribution in [0.15, 0.2) is 29.3 Å². The predicted octanol–water partition coefficient (Wildman–Crippen LogP) is 1.13. The van der Waals surface area contributed by atoms with E-state index in [9.17, 15) is 0 Å². The van der Waals surface area contributed by atoms with Crippen LogP contribution in [0.1, 0.15) is 11.7 Å². The van der Waals surface area contributed by atoms with Crippen LogP contribution in [0.5, 0.6) is 0 Å². The molecule has 4 nitrogen and oxygen atoms in total. The van der Waals surface area contributed by atoms with Gasteiger partial charge < -0.3 is 16.4 Å². The maximum absolute atomic E-state index is 5.88. The summed E-state index contributed by atoms with van der Waals surface area (Å²) in [6.45, 7) is 0. The summed E-state index contributed by atoms with van der Waals surface area (Å²) < 4.78 is 0. The number of hydrogen-bond donors (Lipinski definition) is 3. The first kappa shape index (κ1) is 10.2. The van der Waals surface area contributed by atoms with Gasteiger partial charge in [0.05, 0.1) is 0 Å². The molecule has 1 aliphatic rings. The van der Waals surface area contributed by atoms with Gasteiger partial charge in [0, 0.05) is 5.02 Å². The Kier molecular flexibility index (Phi) is 2.75. The van der Waals surface area contributed by atoms with Crippen molar-refractivity contribution < 1.29 is 0 Å². The first-order chi connectivity index (χ1) is 7.15. The van der Waals surface area contributed by atoms with Crippen LogP contribution in [0.25, 0.3) is 0 Å². The number of rotatable bonds is 1. The van der Waals surface area contributed by atoms with Crippen molar-refractivity contribution in [2.75, 3.05) is 0 Å². The Bertz CT molecular complexity index is 432. The zero-order valence-electron chi connectivity index (χ0n) is 7.70. The number of hydrogen-bond acceptors (Lipinski definition) is 3. The van der Waals surface area contributed by atoms with Crippen LogP contribution in [0, 0.1) is 0 Å². The number of aliphatic imine (C=N–C) groups is 1. The molecular weight excluding hydrogens is 232 g/mol. The summed E-state index contributed by atoms with van der Waals surface area (Å²) in [5.41, 5.74) is 6.49. The van der Waals surface area contributed by atoms with Gasteiger partial charge in [0.15, 0.2) is 11.1 Å². The Morgan fingerprint density at radius 3 is 2.93 bits per heavy atom. The topological polar surface area (TPSA) is 62.4 Å². The van der Waals surface area contributed by atoms with Crippen molar-refractivity contribution in [3.05, 3.63) is 34.9 Å². The Morgan fingerprint density at radius 1 is 1.47 bits per heavy atom. The highest BCUT2D eigenvalue weighted by Crippen LogP contribution is 2.19. The van der Waals surface area contributed by atoms with Crippen molar-refractivity contribution in [1.29, 1.82) is 0 Å². The molecule has 0 aliphatic carbocycles. The van der Waals surface area contributed by atoms with Crippen molar-refractivity contribution in [1.82, 2.24) is 10.6 Å². The molecule has 0 amide bonds. The Morgan fingerprint density at radius 2 is 2.27 bits per heavy atom. The Balaban J connectivity index is 2.31. The van der Waals surface area contributed by atoms with E-state index in [2.05, 4.69) is 15.6 Å². The SMILES string of the molecule is NC1=N[C@@H](c2cccc(Cl)c2)NC(=S)N1. The highest BCUT2D eigenvalue weighted by molar-refractivity contribution is 7.80. The van der Waals surface area contributed by atoms with E-state index in [-0.39, 0.29) is 6.17 Å². The molecule has 6 heteroatoms. The molecule has 2 rings (SSSR count). The zero-order chi connectivity index (χ0) is 10.8. The molecule has 15 heavy (non-hydrogen) atoms. The maximum atomic E-state index is 5.88. The number of guanidine groups is 1. The maximum Gasteiger partial charge on any atom is 0.197 e. The lowest BCUT2D eigenvalue weighted by Gasteiger charge is -2.23. The second kappa shape index (κ2) is 4.04. The van der Waals surface area contributed by atoms with Crippen molar-refractivity contribution in [3.8, 4) is 0 Å². The number of benzene rings is 1. The van der Waals surface area contributed by atoms with E-state index in [1.807, 2.05) is 18.2 Å². The van der Waals surface area contributed by atoms with Crippen molar-refractivity contribution in [2.24, 2.45) is 10.7 Å². The molecular formula is C9H9ClN4S. The van der Waals surface area contributed by atoms with Gasteiger partial charge in [-0.15, -0.1) is 0 Å². The monoisotopic (exact) mass is 240 g/mol.